The smallest absolute Gasteiger partial charge is 0.119 e. The van der Waals surface area contributed by atoms with E-state index in [9.17, 15) is 0 Å². The Hall–Kier alpha value is -1.06. The Labute approximate surface area is 116 Å². The molecule has 1 aromatic rings. The number of hydrogen-bond donors (Lipinski definition) is 1. The Kier molecular flexibility index (Phi) is 5.23. The van der Waals surface area contributed by atoms with E-state index in [0.29, 0.717) is 12.1 Å². The molecule has 0 aromatic heterocycles. The fraction of sp³-hybridized carbons (Fsp3) is 0.625. The minimum Gasteiger partial charge on any atom is -0.497 e. The van der Waals surface area contributed by atoms with Crippen molar-refractivity contribution in [1.82, 2.24) is 10.2 Å². The molecule has 0 saturated heterocycles. The van der Waals surface area contributed by atoms with Gasteiger partial charge in [0.25, 0.3) is 0 Å². The molecule has 19 heavy (non-hydrogen) atoms. The third kappa shape index (κ3) is 3.71. The summed E-state index contributed by atoms with van der Waals surface area (Å²) in [5.41, 5.74) is 1.32. The normalized spacial score (nSPS) is 23.6. The Morgan fingerprint density at radius 1 is 1.32 bits per heavy atom. The average Bonchev–Trinajstić information content (AvgIpc) is 2.47. The van der Waals surface area contributed by atoms with Crippen LogP contribution in [0.3, 0.4) is 0 Å². The zero-order valence-corrected chi connectivity index (χ0v) is 12.4. The van der Waals surface area contributed by atoms with Crippen LogP contribution in [0.5, 0.6) is 5.75 Å². The van der Waals surface area contributed by atoms with Gasteiger partial charge in [0.15, 0.2) is 0 Å². The summed E-state index contributed by atoms with van der Waals surface area (Å²) in [4.78, 5) is 2.48. The molecule has 0 heterocycles. The highest BCUT2D eigenvalue weighted by Crippen LogP contribution is 2.24. The van der Waals surface area contributed by atoms with Gasteiger partial charge in [-0.2, -0.15) is 0 Å². The summed E-state index contributed by atoms with van der Waals surface area (Å²) < 4.78 is 5.29. The van der Waals surface area contributed by atoms with Crippen molar-refractivity contribution in [1.29, 1.82) is 0 Å². The van der Waals surface area contributed by atoms with Crippen LogP contribution in [0.1, 0.15) is 31.2 Å². The van der Waals surface area contributed by atoms with Crippen molar-refractivity contribution < 1.29 is 4.74 Å². The van der Waals surface area contributed by atoms with Gasteiger partial charge in [-0.15, -0.1) is 0 Å². The number of benzene rings is 1. The number of likely N-dealkylation sites (N-methyl/N-ethyl adjacent to an activating group) is 2. The summed E-state index contributed by atoms with van der Waals surface area (Å²) in [6, 6.07) is 9.65. The number of rotatable bonds is 5. The van der Waals surface area contributed by atoms with Gasteiger partial charge in [0.05, 0.1) is 7.11 Å². The van der Waals surface area contributed by atoms with E-state index in [1.54, 1.807) is 7.11 Å². The summed E-state index contributed by atoms with van der Waals surface area (Å²) in [5.74, 6) is 0.944. The van der Waals surface area contributed by atoms with Gasteiger partial charge in [-0.3, -0.25) is 4.90 Å². The molecular weight excluding hydrogens is 236 g/mol. The highest BCUT2D eigenvalue weighted by molar-refractivity contribution is 5.28. The largest absolute Gasteiger partial charge is 0.497 e. The maximum atomic E-state index is 5.29. The van der Waals surface area contributed by atoms with Gasteiger partial charge in [-0.05, 0) is 44.6 Å². The van der Waals surface area contributed by atoms with Crippen molar-refractivity contribution in [3.63, 3.8) is 0 Å². The lowest BCUT2D eigenvalue weighted by molar-refractivity contribution is 0.147. The van der Waals surface area contributed by atoms with Crippen molar-refractivity contribution in [2.45, 2.75) is 44.3 Å². The molecule has 1 aliphatic rings. The van der Waals surface area contributed by atoms with E-state index in [1.165, 1.54) is 31.2 Å². The van der Waals surface area contributed by atoms with Gasteiger partial charge in [0.2, 0.25) is 0 Å². The molecule has 2 atom stereocenters. The highest BCUT2D eigenvalue weighted by Gasteiger charge is 2.26. The van der Waals surface area contributed by atoms with E-state index in [-0.39, 0.29) is 0 Å². The summed E-state index contributed by atoms with van der Waals surface area (Å²) >= 11 is 0. The maximum Gasteiger partial charge on any atom is 0.119 e. The van der Waals surface area contributed by atoms with Crippen LogP contribution in [-0.2, 0) is 6.54 Å². The SMILES string of the molecule is CNC1CCCCC1N(C)Cc1cccc(OC)c1. The fourth-order valence-corrected chi connectivity index (χ4v) is 3.15. The molecule has 0 amide bonds. The quantitative estimate of drug-likeness (QED) is 0.883. The zero-order chi connectivity index (χ0) is 13.7. The summed E-state index contributed by atoms with van der Waals surface area (Å²) in [6.07, 6.45) is 5.30. The molecule has 2 unspecified atom stereocenters. The zero-order valence-electron chi connectivity index (χ0n) is 12.4. The number of methoxy groups -OCH3 is 1. The predicted octanol–water partition coefficient (Wildman–Crippen LogP) is 2.66. The summed E-state index contributed by atoms with van der Waals surface area (Å²) in [6.45, 7) is 0.986. The molecular formula is C16H26N2O. The Morgan fingerprint density at radius 2 is 2.11 bits per heavy atom. The standard InChI is InChI=1S/C16H26N2O/c1-17-15-9-4-5-10-16(15)18(2)12-13-7-6-8-14(11-13)19-3/h6-8,11,15-17H,4-5,9-10,12H2,1-3H3. The van der Waals surface area contributed by atoms with E-state index in [0.717, 1.165) is 12.3 Å². The second kappa shape index (κ2) is 6.92. The van der Waals surface area contributed by atoms with Gasteiger partial charge >= 0.3 is 0 Å². The van der Waals surface area contributed by atoms with Crippen LogP contribution in [0.25, 0.3) is 0 Å². The van der Waals surface area contributed by atoms with E-state index >= 15 is 0 Å². The van der Waals surface area contributed by atoms with Crippen LogP contribution >= 0.6 is 0 Å². The minimum absolute atomic E-state index is 0.629. The molecule has 3 heteroatoms. The third-order valence-electron chi connectivity index (χ3n) is 4.23. The van der Waals surface area contributed by atoms with Crippen molar-refractivity contribution in [2.24, 2.45) is 0 Å². The predicted molar refractivity (Wildman–Crippen MR) is 79.6 cm³/mol. The van der Waals surface area contributed by atoms with Crippen LogP contribution < -0.4 is 10.1 Å². The van der Waals surface area contributed by atoms with Crippen LogP contribution in [0.15, 0.2) is 24.3 Å². The van der Waals surface area contributed by atoms with E-state index < -0.39 is 0 Å². The molecule has 0 radical (unpaired) electrons. The van der Waals surface area contributed by atoms with Crippen molar-refractivity contribution in [2.75, 3.05) is 21.2 Å². The second-order valence-corrected chi connectivity index (χ2v) is 5.51. The highest BCUT2D eigenvalue weighted by atomic mass is 16.5. The Morgan fingerprint density at radius 3 is 2.84 bits per heavy atom. The Balaban J connectivity index is 2.00. The average molecular weight is 262 g/mol. The fourth-order valence-electron chi connectivity index (χ4n) is 3.15. The molecule has 1 aliphatic carbocycles. The van der Waals surface area contributed by atoms with Crippen LogP contribution in [-0.4, -0.2) is 38.2 Å². The lowest BCUT2D eigenvalue weighted by Gasteiger charge is -2.38. The number of ether oxygens (including phenoxy) is 1. The first kappa shape index (κ1) is 14.4. The van der Waals surface area contributed by atoms with Crippen molar-refractivity contribution >= 4 is 0 Å². The topological polar surface area (TPSA) is 24.5 Å². The van der Waals surface area contributed by atoms with Crippen LogP contribution in [0, 0.1) is 0 Å². The second-order valence-electron chi connectivity index (χ2n) is 5.51. The molecule has 2 rings (SSSR count). The van der Waals surface area contributed by atoms with Gasteiger partial charge in [0, 0.05) is 18.6 Å². The van der Waals surface area contributed by atoms with Crippen LogP contribution in [0.4, 0.5) is 0 Å². The Bertz CT molecular complexity index is 394. The van der Waals surface area contributed by atoms with E-state index in [4.69, 9.17) is 4.74 Å². The molecule has 106 valence electrons. The summed E-state index contributed by atoms with van der Waals surface area (Å²) in [5, 5.41) is 3.48. The van der Waals surface area contributed by atoms with E-state index in [2.05, 4.69) is 42.5 Å². The molecule has 1 aromatic carbocycles. The van der Waals surface area contributed by atoms with Gasteiger partial charge < -0.3 is 10.1 Å². The number of hydrogen-bond acceptors (Lipinski definition) is 3. The molecule has 0 aliphatic heterocycles. The van der Waals surface area contributed by atoms with Gasteiger partial charge in [0.1, 0.15) is 5.75 Å². The van der Waals surface area contributed by atoms with Crippen LogP contribution in [0.2, 0.25) is 0 Å². The molecule has 1 fully saturated rings. The monoisotopic (exact) mass is 262 g/mol. The molecule has 1 N–H and O–H groups in total. The number of nitrogens with zero attached hydrogens (tertiary/aromatic N) is 1. The van der Waals surface area contributed by atoms with Crippen molar-refractivity contribution in [3.05, 3.63) is 29.8 Å². The molecule has 0 spiro atoms. The molecule has 0 bridgehead atoms. The van der Waals surface area contributed by atoms with Gasteiger partial charge in [-0.1, -0.05) is 25.0 Å². The number of nitrogens with one attached hydrogen (secondary N) is 1. The summed E-state index contributed by atoms with van der Waals surface area (Å²) in [7, 11) is 6.04. The minimum atomic E-state index is 0.629. The molecule has 3 nitrogen and oxygen atoms in total. The lowest BCUT2D eigenvalue weighted by atomic mass is 9.89. The van der Waals surface area contributed by atoms with Crippen molar-refractivity contribution in [3.8, 4) is 5.75 Å². The maximum absolute atomic E-state index is 5.29. The molecule has 1 saturated carbocycles. The first-order valence-corrected chi connectivity index (χ1v) is 7.25. The van der Waals surface area contributed by atoms with Gasteiger partial charge in [-0.25, -0.2) is 0 Å². The van der Waals surface area contributed by atoms with E-state index in [1.807, 2.05) is 6.07 Å². The third-order valence-corrected chi connectivity index (χ3v) is 4.23. The lowest BCUT2D eigenvalue weighted by Crippen LogP contribution is -2.49. The first-order valence-electron chi connectivity index (χ1n) is 7.25. The first-order chi connectivity index (χ1) is 9.24.